The average Bonchev–Trinajstić information content (AvgIpc) is 2.82. The molecule has 3 N–H and O–H groups in total. The smallest absolute Gasteiger partial charge is 0.328 e. The molecule has 2 aromatic carbocycles. The predicted molar refractivity (Wildman–Crippen MR) is 124 cm³/mol. The quantitative estimate of drug-likeness (QED) is 0.450. The normalized spacial score (nSPS) is 12.4. The van der Waals surface area contributed by atoms with Crippen molar-refractivity contribution in [2.45, 2.75) is 38.8 Å². The van der Waals surface area contributed by atoms with E-state index < -0.39 is 29.9 Å². The fourth-order valence-corrected chi connectivity index (χ4v) is 3.26. The zero-order valence-electron chi connectivity index (χ0n) is 19.2. The van der Waals surface area contributed by atoms with Gasteiger partial charge in [-0.25, -0.2) is 4.79 Å². The van der Waals surface area contributed by atoms with Crippen LogP contribution in [0.3, 0.4) is 0 Å². The summed E-state index contributed by atoms with van der Waals surface area (Å²) in [5.74, 6) is -1.81. The summed E-state index contributed by atoms with van der Waals surface area (Å²) in [6.07, 6.45) is 0.668. The second-order valence-corrected chi connectivity index (χ2v) is 8.07. The molecule has 2 aromatic rings. The van der Waals surface area contributed by atoms with Crippen molar-refractivity contribution in [3.63, 3.8) is 0 Å². The molecule has 0 aliphatic carbocycles. The predicted octanol–water partition coefficient (Wildman–Crippen LogP) is 1.85. The van der Waals surface area contributed by atoms with E-state index >= 15 is 0 Å². The lowest BCUT2D eigenvalue weighted by Gasteiger charge is -2.21. The lowest BCUT2D eigenvalue weighted by atomic mass is 10.0. The third kappa shape index (κ3) is 8.76. The van der Waals surface area contributed by atoms with Gasteiger partial charge in [0, 0.05) is 12.0 Å². The highest BCUT2D eigenvalue weighted by Crippen LogP contribution is 2.08. The Balaban J connectivity index is 1.95. The third-order valence-electron chi connectivity index (χ3n) is 4.89. The van der Waals surface area contributed by atoms with Gasteiger partial charge in [0.2, 0.25) is 11.8 Å². The van der Waals surface area contributed by atoms with Gasteiger partial charge in [-0.2, -0.15) is 0 Å². The number of carbonyl (C=O) groups excluding carboxylic acids is 4. The Kier molecular flexibility index (Phi) is 10.1. The zero-order valence-corrected chi connectivity index (χ0v) is 19.2. The van der Waals surface area contributed by atoms with Gasteiger partial charge in [-0.15, -0.1) is 0 Å². The molecular weight excluding hydrogens is 422 g/mol. The molecule has 0 saturated carbocycles. The van der Waals surface area contributed by atoms with Crippen molar-refractivity contribution >= 4 is 23.7 Å². The maximum Gasteiger partial charge on any atom is 0.328 e. The van der Waals surface area contributed by atoms with E-state index in [2.05, 4.69) is 16.0 Å². The molecule has 0 heterocycles. The Morgan fingerprint density at radius 2 is 1.45 bits per heavy atom. The van der Waals surface area contributed by atoms with Crippen LogP contribution in [0.4, 0.5) is 0 Å². The van der Waals surface area contributed by atoms with Gasteiger partial charge in [-0.1, -0.05) is 62.4 Å². The number of methoxy groups -OCH3 is 1. The molecule has 0 aliphatic heterocycles. The monoisotopic (exact) mass is 453 g/mol. The molecule has 8 nitrogen and oxygen atoms in total. The third-order valence-corrected chi connectivity index (χ3v) is 4.89. The number of hydrogen-bond donors (Lipinski definition) is 3. The number of esters is 1. The van der Waals surface area contributed by atoms with Crippen LogP contribution in [0, 0.1) is 5.92 Å². The summed E-state index contributed by atoms with van der Waals surface area (Å²) in [6.45, 7) is 3.54. The van der Waals surface area contributed by atoms with Gasteiger partial charge in [-0.05, 0) is 30.0 Å². The number of benzene rings is 2. The second-order valence-electron chi connectivity index (χ2n) is 8.07. The molecule has 0 fully saturated rings. The standard InChI is InChI=1S/C25H31N3O5/c1-17(2)14-20(28-23(30)19-12-8-5-9-13-19)24(31)26-16-22(29)27-21(25(32)33-3)15-18-10-6-4-7-11-18/h4-13,17,20-21H,14-16H2,1-3H3,(H,26,31)(H,27,29)(H,28,30)/t20-,21-/m0/s1. The molecule has 2 atom stereocenters. The first-order valence-electron chi connectivity index (χ1n) is 10.8. The molecule has 8 heteroatoms. The molecular formula is C25H31N3O5. The zero-order chi connectivity index (χ0) is 24.2. The van der Waals surface area contributed by atoms with E-state index in [1.807, 2.05) is 44.2 Å². The van der Waals surface area contributed by atoms with Gasteiger partial charge in [0.25, 0.3) is 5.91 Å². The van der Waals surface area contributed by atoms with Gasteiger partial charge < -0.3 is 20.7 Å². The molecule has 0 radical (unpaired) electrons. The molecule has 3 amide bonds. The Morgan fingerprint density at radius 3 is 2.03 bits per heavy atom. The molecule has 0 unspecified atom stereocenters. The van der Waals surface area contributed by atoms with Crippen molar-refractivity contribution in [1.29, 1.82) is 0 Å². The minimum absolute atomic E-state index is 0.139. The summed E-state index contributed by atoms with van der Waals surface area (Å²) in [6, 6.07) is 16.1. The fraction of sp³-hybridized carbons (Fsp3) is 0.360. The van der Waals surface area contributed by atoms with Crippen LogP contribution in [-0.2, 0) is 25.5 Å². The SMILES string of the molecule is COC(=O)[C@H](Cc1ccccc1)NC(=O)CNC(=O)[C@H](CC(C)C)NC(=O)c1ccccc1. The van der Waals surface area contributed by atoms with E-state index in [4.69, 9.17) is 4.74 Å². The van der Waals surface area contributed by atoms with E-state index in [1.165, 1.54) is 7.11 Å². The number of rotatable bonds is 11. The van der Waals surface area contributed by atoms with E-state index in [-0.39, 0.29) is 24.8 Å². The van der Waals surface area contributed by atoms with Crippen molar-refractivity contribution in [1.82, 2.24) is 16.0 Å². The number of nitrogens with one attached hydrogen (secondary N) is 3. The van der Waals surface area contributed by atoms with E-state index in [1.54, 1.807) is 30.3 Å². The number of hydrogen-bond acceptors (Lipinski definition) is 5. The van der Waals surface area contributed by atoms with Crippen LogP contribution in [0.15, 0.2) is 60.7 Å². The molecule has 2 rings (SSSR count). The van der Waals surface area contributed by atoms with Crippen LogP contribution in [-0.4, -0.2) is 49.4 Å². The van der Waals surface area contributed by atoms with Crippen LogP contribution in [0.2, 0.25) is 0 Å². The van der Waals surface area contributed by atoms with E-state index in [0.29, 0.717) is 12.0 Å². The highest BCUT2D eigenvalue weighted by Gasteiger charge is 2.25. The van der Waals surface area contributed by atoms with Crippen LogP contribution in [0.5, 0.6) is 0 Å². The first-order valence-corrected chi connectivity index (χ1v) is 10.8. The highest BCUT2D eigenvalue weighted by molar-refractivity contribution is 5.98. The number of amides is 3. The molecule has 0 aromatic heterocycles. The Bertz CT molecular complexity index is 932. The Morgan fingerprint density at radius 1 is 0.848 bits per heavy atom. The fourth-order valence-electron chi connectivity index (χ4n) is 3.26. The molecule has 0 saturated heterocycles. The van der Waals surface area contributed by atoms with Crippen molar-refractivity contribution in [3.05, 3.63) is 71.8 Å². The molecule has 0 aliphatic rings. The van der Waals surface area contributed by atoms with Crippen LogP contribution in [0.1, 0.15) is 36.2 Å². The molecule has 33 heavy (non-hydrogen) atoms. The van der Waals surface area contributed by atoms with Crippen LogP contribution in [0.25, 0.3) is 0 Å². The van der Waals surface area contributed by atoms with Crippen LogP contribution >= 0.6 is 0 Å². The average molecular weight is 454 g/mol. The van der Waals surface area contributed by atoms with Gasteiger partial charge >= 0.3 is 5.97 Å². The summed E-state index contributed by atoms with van der Waals surface area (Å²) >= 11 is 0. The summed E-state index contributed by atoms with van der Waals surface area (Å²) in [7, 11) is 1.25. The summed E-state index contributed by atoms with van der Waals surface area (Å²) < 4.78 is 4.79. The van der Waals surface area contributed by atoms with Crippen LogP contribution < -0.4 is 16.0 Å². The summed E-state index contributed by atoms with van der Waals surface area (Å²) in [5, 5.41) is 7.89. The maximum atomic E-state index is 12.7. The van der Waals surface area contributed by atoms with Gasteiger partial charge in [0.05, 0.1) is 13.7 Å². The largest absolute Gasteiger partial charge is 0.467 e. The second kappa shape index (κ2) is 13.0. The summed E-state index contributed by atoms with van der Waals surface area (Å²) in [5.41, 5.74) is 1.30. The number of ether oxygens (including phenoxy) is 1. The van der Waals surface area contributed by atoms with Crippen molar-refractivity contribution in [2.75, 3.05) is 13.7 Å². The van der Waals surface area contributed by atoms with E-state index in [0.717, 1.165) is 5.56 Å². The lowest BCUT2D eigenvalue weighted by molar-refractivity contribution is -0.145. The maximum absolute atomic E-state index is 12.7. The summed E-state index contributed by atoms with van der Waals surface area (Å²) in [4.78, 5) is 49.7. The van der Waals surface area contributed by atoms with Crippen molar-refractivity contribution in [2.24, 2.45) is 5.92 Å². The molecule has 176 valence electrons. The molecule has 0 bridgehead atoms. The first kappa shape index (κ1) is 25.6. The Labute approximate surface area is 194 Å². The minimum atomic E-state index is -0.883. The van der Waals surface area contributed by atoms with Gasteiger partial charge in [0.1, 0.15) is 12.1 Å². The van der Waals surface area contributed by atoms with Gasteiger partial charge in [-0.3, -0.25) is 14.4 Å². The minimum Gasteiger partial charge on any atom is -0.467 e. The highest BCUT2D eigenvalue weighted by atomic mass is 16.5. The number of carbonyl (C=O) groups is 4. The topological polar surface area (TPSA) is 114 Å². The molecule has 0 spiro atoms. The van der Waals surface area contributed by atoms with Crippen molar-refractivity contribution < 1.29 is 23.9 Å². The van der Waals surface area contributed by atoms with Gasteiger partial charge in [0.15, 0.2) is 0 Å². The van der Waals surface area contributed by atoms with Crippen molar-refractivity contribution in [3.8, 4) is 0 Å². The van der Waals surface area contributed by atoms with E-state index in [9.17, 15) is 19.2 Å². The first-order chi connectivity index (χ1) is 15.8. The Hall–Kier alpha value is -3.68. The lowest BCUT2D eigenvalue weighted by Crippen LogP contribution is -2.51.